The molecule has 1 fully saturated rings. The van der Waals surface area contributed by atoms with E-state index in [1.165, 1.54) is 47.5 Å². The van der Waals surface area contributed by atoms with Crippen molar-refractivity contribution >= 4 is 22.3 Å². The van der Waals surface area contributed by atoms with Crippen molar-refractivity contribution in [3.63, 3.8) is 0 Å². The Morgan fingerprint density at radius 3 is 2.83 bits per heavy atom. The molecule has 7 heteroatoms. The fourth-order valence-corrected chi connectivity index (χ4v) is 5.09. The first kappa shape index (κ1) is 14.6. The van der Waals surface area contributed by atoms with Gasteiger partial charge in [0.2, 0.25) is 0 Å². The van der Waals surface area contributed by atoms with Gasteiger partial charge >= 0.3 is 0 Å². The third-order valence-electron chi connectivity index (χ3n) is 5.45. The molecule has 126 valence electrons. The van der Waals surface area contributed by atoms with Gasteiger partial charge in [-0.05, 0) is 12.8 Å². The van der Waals surface area contributed by atoms with Crippen molar-refractivity contribution in [3.8, 4) is 0 Å². The minimum absolute atomic E-state index is 0.550. The first-order valence-corrected chi connectivity index (χ1v) is 9.69. The van der Waals surface area contributed by atoms with Crippen molar-refractivity contribution in [2.45, 2.75) is 57.7 Å². The third kappa shape index (κ3) is 2.38. The monoisotopic (exact) mass is 342 g/mol. The van der Waals surface area contributed by atoms with Crippen LogP contribution in [0.4, 0.5) is 10.9 Å². The Labute approximate surface area is 145 Å². The Morgan fingerprint density at radius 1 is 1.08 bits per heavy atom. The molecule has 3 aliphatic rings. The molecule has 1 saturated carbocycles. The van der Waals surface area contributed by atoms with Crippen LogP contribution < -0.4 is 16.0 Å². The van der Waals surface area contributed by atoms with Gasteiger partial charge in [-0.1, -0.05) is 12.8 Å². The Balaban J connectivity index is 1.53. The zero-order valence-electron chi connectivity index (χ0n) is 13.7. The fourth-order valence-electron chi connectivity index (χ4n) is 4.19. The number of rotatable bonds is 2. The molecule has 24 heavy (non-hydrogen) atoms. The number of hydrogen-bond donors (Lipinski definition) is 2. The van der Waals surface area contributed by atoms with E-state index in [9.17, 15) is 0 Å². The van der Waals surface area contributed by atoms with Gasteiger partial charge in [0.25, 0.3) is 0 Å². The van der Waals surface area contributed by atoms with Gasteiger partial charge in [0.15, 0.2) is 5.13 Å². The summed E-state index contributed by atoms with van der Waals surface area (Å²) in [6, 6.07) is 0. The largest absolute Gasteiger partial charge is 0.375 e. The van der Waals surface area contributed by atoms with Crippen LogP contribution >= 0.6 is 11.3 Å². The van der Waals surface area contributed by atoms with Crippen LogP contribution in [0.5, 0.6) is 0 Å². The maximum absolute atomic E-state index is 5.89. The highest BCUT2D eigenvalue weighted by atomic mass is 32.1. The number of nitrogens with zero attached hydrogens (tertiary/aromatic N) is 4. The average Bonchev–Trinajstić information content (AvgIpc) is 3.32. The molecule has 0 spiro atoms. The van der Waals surface area contributed by atoms with E-state index in [-0.39, 0.29) is 0 Å². The smallest absolute Gasteiger partial charge is 0.180 e. The number of nitrogens with two attached hydrogens (primary N) is 1. The lowest BCUT2D eigenvalue weighted by Gasteiger charge is -2.29. The molecule has 0 unspecified atom stereocenters. The second-order valence-corrected chi connectivity index (χ2v) is 8.12. The molecule has 2 aromatic heterocycles. The highest BCUT2D eigenvalue weighted by Gasteiger charge is 2.29. The quantitative estimate of drug-likeness (QED) is 0.872. The molecule has 0 radical (unpaired) electrons. The minimum Gasteiger partial charge on any atom is -0.375 e. The molecule has 3 N–H and O–H groups in total. The van der Waals surface area contributed by atoms with Crippen LogP contribution in [0.25, 0.3) is 0 Å². The van der Waals surface area contributed by atoms with Crippen LogP contribution in [0.15, 0.2) is 0 Å². The van der Waals surface area contributed by atoms with Crippen LogP contribution in [0.2, 0.25) is 0 Å². The van der Waals surface area contributed by atoms with E-state index >= 15 is 0 Å². The van der Waals surface area contributed by atoms with Gasteiger partial charge < -0.3 is 16.0 Å². The molecule has 0 aromatic carbocycles. The van der Waals surface area contributed by atoms with E-state index in [4.69, 9.17) is 15.7 Å². The van der Waals surface area contributed by atoms with Crippen molar-refractivity contribution < 1.29 is 0 Å². The highest BCUT2D eigenvalue weighted by Crippen LogP contribution is 2.36. The number of nitrogens with one attached hydrogen (secondary N) is 1. The predicted octanol–water partition coefficient (Wildman–Crippen LogP) is 2.34. The van der Waals surface area contributed by atoms with Gasteiger partial charge in [-0.3, -0.25) is 0 Å². The van der Waals surface area contributed by atoms with Gasteiger partial charge in [-0.2, -0.15) is 0 Å². The van der Waals surface area contributed by atoms with E-state index < -0.39 is 0 Å². The Bertz CT molecular complexity index is 780. The second-order valence-electron chi connectivity index (χ2n) is 7.01. The number of anilines is 2. The standard InChI is InChI=1S/C17H22N6S/c18-17-21-12-5-6-23(9-14(12)24-17)16-11-7-19-8-13(11)20-15(22-16)10-3-1-2-4-10/h10,19H,1-9H2,(H2,18,21). The summed E-state index contributed by atoms with van der Waals surface area (Å²) < 4.78 is 0. The maximum atomic E-state index is 5.89. The lowest BCUT2D eigenvalue weighted by atomic mass is 10.1. The van der Waals surface area contributed by atoms with E-state index in [2.05, 4.69) is 15.2 Å². The third-order valence-corrected chi connectivity index (χ3v) is 6.36. The highest BCUT2D eigenvalue weighted by molar-refractivity contribution is 7.15. The fraction of sp³-hybridized carbons (Fsp3) is 0.588. The van der Waals surface area contributed by atoms with Crippen molar-refractivity contribution in [1.29, 1.82) is 0 Å². The van der Waals surface area contributed by atoms with Crippen LogP contribution in [-0.4, -0.2) is 21.5 Å². The zero-order chi connectivity index (χ0) is 16.1. The van der Waals surface area contributed by atoms with Crippen molar-refractivity contribution in [2.75, 3.05) is 17.2 Å². The number of thiazole rings is 1. The number of fused-ring (bicyclic) bond motifs is 2. The van der Waals surface area contributed by atoms with Gasteiger partial charge in [-0.25, -0.2) is 15.0 Å². The van der Waals surface area contributed by atoms with E-state index in [0.29, 0.717) is 11.0 Å². The zero-order valence-corrected chi connectivity index (χ0v) is 14.5. The van der Waals surface area contributed by atoms with E-state index in [1.807, 2.05) is 0 Å². The minimum atomic E-state index is 0.550. The molecular formula is C17H22N6S. The van der Waals surface area contributed by atoms with Crippen LogP contribution in [-0.2, 0) is 26.1 Å². The Kier molecular flexibility index (Phi) is 3.45. The summed E-state index contributed by atoms with van der Waals surface area (Å²) in [5, 5.41) is 4.13. The summed E-state index contributed by atoms with van der Waals surface area (Å²) in [5.41, 5.74) is 9.56. The molecular weight excluding hydrogens is 320 g/mol. The van der Waals surface area contributed by atoms with Gasteiger partial charge in [0.05, 0.1) is 17.9 Å². The summed E-state index contributed by atoms with van der Waals surface area (Å²) in [5.74, 6) is 2.76. The first-order valence-electron chi connectivity index (χ1n) is 8.87. The molecule has 2 aromatic rings. The molecule has 6 nitrogen and oxygen atoms in total. The summed E-state index contributed by atoms with van der Waals surface area (Å²) in [7, 11) is 0. The van der Waals surface area contributed by atoms with Crippen LogP contribution in [0, 0.1) is 0 Å². The Hall–Kier alpha value is -1.73. The summed E-state index contributed by atoms with van der Waals surface area (Å²) in [6.07, 6.45) is 6.05. The summed E-state index contributed by atoms with van der Waals surface area (Å²) >= 11 is 1.62. The normalized spacial score (nSPS) is 20.4. The molecule has 0 amide bonds. The molecule has 5 rings (SSSR count). The second kappa shape index (κ2) is 5.67. The molecule has 2 aliphatic heterocycles. The van der Waals surface area contributed by atoms with Crippen molar-refractivity contribution in [2.24, 2.45) is 0 Å². The topological polar surface area (TPSA) is 80.0 Å². The molecule has 1 aliphatic carbocycles. The van der Waals surface area contributed by atoms with Gasteiger partial charge in [0, 0.05) is 42.4 Å². The van der Waals surface area contributed by atoms with Crippen LogP contribution in [0.1, 0.15) is 59.3 Å². The predicted molar refractivity (Wildman–Crippen MR) is 95.1 cm³/mol. The van der Waals surface area contributed by atoms with Crippen molar-refractivity contribution in [1.82, 2.24) is 20.3 Å². The average molecular weight is 342 g/mol. The van der Waals surface area contributed by atoms with Gasteiger partial charge in [-0.15, -0.1) is 11.3 Å². The van der Waals surface area contributed by atoms with Gasteiger partial charge in [0.1, 0.15) is 11.6 Å². The number of hydrogen-bond acceptors (Lipinski definition) is 7. The number of nitrogen functional groups attached to an aromatic ring is 1. The lowest BCUT2D eigenvalue weighted by molar-refractivity contribution is 0.648. The SMILES string of the molecule is Nc1nc2c(s1)CN(c1nc(C3CCCC3)nc3c1CNC3)CC2. The molecule has 0 saturated heterocycles. The first-order chi connectivity index (χ1) is 11.8. The van der Waals surface area contributed by atoms with Crippen molar-refractivity contribution in [3.05, 3.63) is 27.7 Å². The molecule has 0 bridgehead atoms. The Morgan fingerprint density at radius 2 is 1.96 bits per heavy atom. The van der Waals surface area contributed by atoms with E-state index in [1.54, 1.807) is 11.3 Å². The van der Waals surface area contributed by atoms with E-state index in [0.717, 1.165) is 44.2 Å². The summed E-state index contributed by atoms with van der Waals surface area (Å²) in [6.45, 7) is 3.59. The molecule has 0 atom stereocenters. The lowest BCUT2D eigenvalue weighted by Crippen LogP contribution is -2.32. The molecule has 4 heterocycles. The van der Waals surface area contributed by atoms with Crippen LogP contribution in [0.3, 0.4) is 0 Å². The number of aromatic nitrogens is 3. The maximum Gasteiger partial charge on any atom is 0.180 e. The summed E-state index contributed by atoms with van der Waals surface area (Å²) in [4.78, 5) is 18.1.